The average molecular weight is 240 g/mol. The molecule has 0 aromatic heterocycles. The number of hydrogen-bond acceptors (Lipinski definition) is 3. The summed E-state index contributed by atoms with van der Waals surface area (Å²) in [4.78, 5) is 2.15. The van der Waals surface area contributed by atoms with E-state index in [9.17, 15) is 4.39 Å². The summed E-state index contributed by atoms with van der Waals surface area (Å²) in [5.41, 5.74) is 7.21. The van der Waals surface area contributed by atoms with Gasteiger partial charge in [-0.25, -0.2) is 4.39 Å². The summed E-state index contributed by atoms with van der Waals surface area (Å²) in [5, 5.41) is 8.66. The maximum absolute atomic E-state index is 12.9. The Morgan fingerprint density at radius 1 is 1.29 bits per heavy atom. The van der Waals surface area contributed by atoms with Gasteiger partial charge in [-0.3, -0.25) is 0 Å². The van der Waals surface area contributed by atoms with Crippen LogP contribution in [-0.4, -0.2) is 30.2 Å². The number of hydrogen-bond donors (Lipinski definition) is 2. The van der Waals surface area contributed by atoms with Gasteiger partial charge in [0.25, 0.3) is 0 Å². The van der Waals surface area contributed by atoms with Crippen LogP contribution in [0.5, 0.6) is 0 Å². The van der Waals surface area contributed by atoms with Gasteiger partial charge in [-0.05, 0) is 50.6 Å². The van der Waals surface area contributed by atoms with Gasteiger partial charge in [-0.2, -0.15) is 0 Å². The fraction of sp³-hybridized carbons (Fsp3) is 0.538. The van der Waals surface area contributed by atoms with Crippen LogP contribution in [0.1, 0.15) is 24.8 Å². The van der Waals surface area contributed by atoms with Crippen LogP contribution in [0.25, 0.3) is 0 Å². The minimum atomic E-state index is -0.295. The third kappa shape index (κ3) is 5.15. The van der Waals surface area contributed by atoms with Crippen LogP contribution < -0.4 is 5.73 Å². The van der Waals surface area contributed by atoms with E-state index in [0.29, 0.717) is 5.69 Å². The first-order chi connectivity index (χ1) is 8.13. The maximum Gasteiger partial charge on any atom is 0.125 e. The second-order valence-corrected chi connectivity index (χ2v) is 4.37. The lowest BCUT2D eigenvalue weighted by atomic mass is 10.1. The zero-order chi connectivity index (χ0) is 12.7. The van der Waals surface area contributed by atoms with E-state index in [0.717, 1.165) is 37.9 Å². The van der Waals surface area contributed by atoms with E-state index in [1.165, 1.54) is 12.1 Å². The van der Waals surface area contributed by atoms with Crippen molar-refractivity contribution in [3.05, 3.63) is 29.6 Å². The van der Waals surface area contributed by atoms with Gasteiger partial charge in [0.05, 0.1) is 0 Å². The van der Waals surface area contributed by atoms with Gasteiger partial charge in [0, 0.05) is 18.8 Å². The van der Waals surface area contributed by atoms with Crippen molar-refractivity contribution in [3.63, 3.8) is 0 Å². The van der Waals surface area contributed by atoms with Gasteiger partial charge in [-0.15, -0.1) is 0 Å². The molecule has 0 aliphatic carbocycles. The molecule has 1 rings (SSSR count). The first-order valence-electron chi connectivity index (χ1n) is 5.97. The zero-order valence-corrected chi connectivity index (χ0v) is 10.3. The molecule has 0 saturated heterocycles. The van der Waals surface area contributed by atoms with Crippen molar-refractivity contribution < 1.29 is 9.50 Å². The van der Waals surface area contributed by atoms with E-state index in [4.69, 9.17) is 10.8 Å². The third-order valence-corrected chi connectivity index (χ3v) is 2.75. The van der Waals surface area contributed by atoms with Crippen LogP contribution in [-0.2, 0) is 6.54 Å². The Morgan fingerprint density at radius 3 is 2.71 bits per heavy atom. The summed E-state index contributed by atoms with van der Waals surface area (Å²) < 4.78 is 12.9. The Hall–Kier alpha value is -1.13. The fourth-order valence-corrected chi connectivity index (χ4v) is 1.75. The molecule has 1 aromatic carbocycles. The summed E-state index contributed by atoms with van der Waals surface area (Å²) in [5.74, 6) is -0.295. The minimum absolute atomic E-state index is 0.259. The van der Waals surface area contributed by atoms with E-state index < -0.39 is 0 Å². The smallest absolute Gasteiger partial charge is 0.125 e. The molecule has 0 atom stereocenters. The van der Waals surface area contributed by atoms with Gasteiger partial charge < -0.3 is 15.7 Å². The molecule has 0 fully saturated rings. The normalized spacial score (nSPS) is 11.1. The molecular formula is C13H21FN2O. The molecule has 0 aliphatic heterocycles. The average Bonchev–Trinajstić information content (AvgIpc) is 2.28. The Labute approximate surface area is 102 Å². The number of nitrogen functional groups attached to an aromatic ring is 1. The molecule has 0 spiro atoms. The number of unbranched alkanes of at least 4 members (excludes halogenated alkanes) is 2. The van der Waals surface area contributed by atoms with Crippen molar-refractivity contribution in [1.29, 1.82) is 0 Å². The summed E-state index contributed by atoms with van der Waals surface area (Å²) in [6, 6.07) is 4.52. The Bertz CT molecular complexity index is 344. The lowest BCUT2D eigenvalue weighted by Crippen LogP contribution is -2.20. The van der Waals surface area contributed by atoms with Gasteiger partial charge in [-0.1, -0.05) is 6.07 Å². The molecule has 0 radical (unpaired) electrons. The first-order valence-corrected chi connectivity index (χ1v) is 5.97. The molecule has 0 saturated carbocycles. The number of anilines is 1. The van der Waals surface area contributed by atoms with E-state index in [-0.39, 0.29) is 12.4 Å². The predicted octanol–water partition coefficient (Wildman–Crippen LogP) is 2.00. The van der Waals surface area contributed by atoms with E-state index in [1.807, 2.05) is 7.05 Å². The fourth-order valence-electron chi connectivity index (χ4n) is 1.75. The van der Waals surface area contributed by atoms with Gasteiger partial charge in [0.15, 0.2) is 0 Å². The van der Waals surface area contributed by atoms with Gasteiger partial charge in [0.1, 0.15) is 5.82 Å². The van der Waals surface area contributed by atoms with Gasteiger partial charge >= 0.3 is 0 Å². The molecule has 0 bridgehead atoms. The summed E-state index contributed by atoms with van der Waals surface area (Å²) in [6.07, 6.45) is 2.93. The van der Waals surface area contributed by atoms with E-state index in [2.05, 4.69) is 4.90 Å². The van der Waals surface area contributed by atoms with Gasteiger partial charge in [0.2, 0.25) is 0 Å². The number of rotatable bonds is 7. The summed E-state index contributed by atoms with van der Waals surface area (Å²) >= 11 is 0. The Kier molecular flexibility index (Phi) is 5.94. The number of benzene rings is 1. The van der Waals surface area contributed by atoms with E-state index in [1.54, 1.807) is 6.07 Å². The number of aliphatic hydroxyl groups excluding tert-OH is 1. The maximum atomic E-state index is 12.9. The standard InChI is InChI=1S/C13H21FN2O/c1-16(7-3-2-4-8-17)10-11-5-6-12(14)9-13(11)15/h5-6,9,17H,2-4,7-8,10,15H2,1H3. The van der Waals surface area contributed by atoms with Crippen LogP contribution in [0, 0.1) is 5.82 Å². The van der Waals surface area contributed by atoms with Crippen molar-refractivity contribution in [2.24, 2.45) is 0 Å². The second-order valence-electron chi connectivity index (χ2n) is 4.37. The third-order valence-electron chi connectivity index (χ3n) is 2.75. The minimum Gasteiger partial charge on any atom is -0.398 e. The van der Waals surface area contributed by atoms with Crippen LogP contribution in [0.4, 0.5) is 10.1 Å². The highest BCUT2D eigenvalue weighted by atomic mass is 19.1. The molecule has 96 valence electrons. The SMILES string of the molecule is CN(CCCCCO)Cc1ccc(F)cc1N. The molecule has 0 heterocycles. The molecular weight excluding hydrogens is 219 g/mol. The highest BCUT2D eigenvalue weighted by Gasteiger charge is 2.04. The molecule has 0 aliphatic rings. The van der Waals surface area contributed by atoms with Crippen LogP contribution in [0.2, 0.25) is 0 Å². The number of halogens is 1. The lowest BCUT2D eigenvalue weighted by Gasteiger charge is -2.17. The number of aliphatic hydroxyl groups is 1. The number of nitrogens with zero attached hydrogens (tertiary/aromatic N) is 1. The van der Waals surface area contributed by atoms with Crippen LogP contribution in [0.3, 0.4) is 0 Å². The molecule has 0 amide bonds. The highest BCUT2D eigenvalue weighted by Crippen LogP contribution is 2.15. The second kappa shape index (κ2) is 7.25. The largest absolute Gasteiger partial charge is 0.398 e. The van der Waals surface area contributed by atoms with Crippen molar-refractivity contribution >= 4 is 5.69 Å². The number of nitrogens with two attached hydrogens (primary N) is 1. The molecule has 4 heteroatoms. The Morgan fingerprint density at radius 2 is 2.06 bits per heavy atom. The zero-order valence-electron chi connectivity index (χ0n) is 10.3. The van der Waals surface area contributed by atoms with Crippen molar-refractivity contribution in [2.45, 2.75) is 25.8 Å². The monoisotopic (exact) mass is 240 g/mol. The van der Waals surface area contributed by atoms with E-state index >= 15 is 0 Å². The summed E-state index contributed by atoms with van der Waals surface area (Å²) in [7, 11) is 2.02. The van der Waals surface area contributed by atoms with Crippen molar-refractivity contribution in [1.82, 2.24) is 4.90 Å². The summed E-state index contributed by atoms with van der Waals surface area (Å²) in [6.45, 7) is 1.94. The van der Waals surface area contributed by atoms with Crippen LogP contribution in [0.15, 0.2) is 18.2 Å². The van der Waals surface area contributed by atoms with Crippen LogP contribution >= 0.6 is 0 Å². The topological polar surface area (TPSA) is 49.5 Å². The molecule has 3 N–H and O–H groups in total. The molecule has 3 nitrogen and oxygen atoms in total. The predicted molar refractivity (Wildman–Crippen MR) is 68.1 cm³/mol. The Balaban J connectivity index is 2.37. The first kappa shape index (κ1) is 13.9. The molecule has 17 heavy (non-hydrogen) atoms. The molecule has 0 unspecified atom stereocenters. The quantitative estimate of drug-likeness (QED) is 0.566. The molecule has 1 aromatic rings. The highest BCUT2D eigenvalue weighted by molar-refractivity contribution is 5.46. The lowest BCUT2D eigenvalue weighted by molar-refractivity contribution is 0.271. The van der Waals surface area contributed by atoms with Crippen molar-refractivity contribution in [3.8, 4) is 0 Å². The van der Waals surface area contributed by atoms with Crippen molar-refractivity contribution in [2.75, 3.05) is 25.9 Å².